The molecule has 1 heterocycles. The SMILES string of the molecule is O=[N+]([O-])c1ccc2ncc(Br)c(N[C@H](CCO)C3CC3)c2c1. The van der Waals surface area contributed by atoms with Crippen LogP contribution in [0.25, 0.3) is 10.9 Å². The van der Waals surface area contributed by atoms with E-state index in [0.717, 1.165) is 23.0 Å². The molecular formula is C15H16BrN3O3. The van der Waals surface area contributed by atoms with Crippen LogP contribution in [0, 0.1) is 16.0 Å². The number of aliphatic hydroxyl groups excluding tert-OH is 1. The second kappa shape index (κ2) is 6.18. The average molecular weight is 366 g/mol. The molecule has 0 amide bonds. The van der Waals surface area contributed by atoms with Crippen molar-refractivity contribution in [1.82, 2.24) is 4.98 Å². The smallest absolute Gasteiger partial charge is 0.270 e. The molecule has 6 nitrogen and oxygen atoms in total. The lowest BCUT2D eigenvalue weighted by molar-refractivity contribution is -0.384. The van der Waals surface area contributed by atoms with Gasteiger partial charge in [-0.15, -0.1) is 0 Å². The molecule has 0 bridgehead atoms. The molecule has 2 N–H and O–H groups in total. The number of aliphatic hydroxyl groups is 1. The zero-order chi connectivity index (χ0) is 15.7. The van der Waals surface area contributed by atoms with E-state index in [4.69, 9.17) is 0 Å². The topological polar surface area (TPSA) is 88.3 Å². The van der Waals surface area contributed by atoms with Crippen LogP contribution in [0.4, 0.5) is 11.4 Å². The van der Waals surface area contributed by atoms with Crippen LogP contribution in [0.2, 0.25) is 0 Å². The molecule has 1 aromatic carbocycles. The van der Waals surface area contributed by atoms with Gasteiger partial charge in [0.25, 0.3) is 5.69 Å². The predicted octanol–water partition coefficient (Wildman–Crippen LogP) is 3.48. The minimum Gasteiger partial charge on any atom is -0.396 e. The van der Waals surface area contributed by atoms with E-state index in [2.05, 4.69) is 26.2 Å². The summed E-state index contributed by atoms with van der Waals surface area (Å²) in [6.07, 6.45) is 4.66. The molecule has 1 aliphatic carbocycles. The van der Waals surface area contributed by atoms with Crippen LogP contribution in [-0.4, -0.2) is 27.7 Å². The van der Waals surface area contributed by atoms with Crippen molar-refractivity contribution < 1.29 is 10.0 Å². The Balaban J connectivity index is 2.03. The van der Waals surface area contributed by atoms with Gasteiger partial charge in [0.1, 0.15) is 0 Å². The number of halogens is 1. The zero-order valence-electron chi connectivity index (χ0n) is 11.8. The van der Waals surface area contributed by atoms with E-state index >= 15 is 0 Å². The van der Waals surface area contributed by atoms with Crippen molar-refractivity contribution in [2.75, 3.05) is 11.9 Å². The predicted molar refractivity (Wildman–Crippen MR) is 87.9 cm³/mol. The van der Waals surface area contributed by atoms with Crippen LogP contribution in [0.15, 0.2) is 28.9 Å². The third-order valence-electron chi connectivity index (χ3n) is 3.98. The first-order chi connectivity index (χ1) is 10.6. The first-order valence-corrected chi connectivity index (χ1v) is 7.99. The third-order valence-corrected chi connectivity index (χ3v) is 4.58. The fourth-order valence-electron chi connectivity index (χ4n) is 2.67. The Morgan fingerprint density at radius 3 is 2.91 bits per heavy atom. The lowest BCUT2D eigenvalue weighted by atomic mass is 10.1. The zero-order valence-corrected chi connectivity index (χ0v) is 13.4. The van der Waals surface area contributed by atoms with E-state index in [1.165, 1.54) is 6.07 Å². The Kier molecular flexibility index (Phi) is 4.26. The fraction of sp³-hybridized carbons (Fsp3) is 0.400. The van der Waals surface area contributed by atoms with E-state index in [0.29, 0.717) is 23.2 Å². The maximum atomic E-state index is 11.0. The number of aromatic nitrogens is 1. The summed E-state index contributed by atoms with van der Waals surface area (Å²) in [6.45, 7) is 0.120. The molecule has 1 aliphatic rings. The van der Waals surface area contributed by atoms with Crippen molar-refractivity contribution in [2.24, 2.45) is 5.92 Å². The molecule has 0 saturated heterocycles. The standard InChI is InChI=1S/C15H16BrN3O3/c16-12-8-17-14-4-3-10(19(21)22)7-11(14)15(12)18-13(5-6-20)9-1-2-9/h3-4,7-9,13,20H,1-2,5-6H2,(H,17,18)/t13-/m1/s1. The molecule has 0 unspecified atom stereocenters. The summed E-state index contributed by atoms with van der Waals surface area (Å²) in [7, 11) is 0. The number of benzene rings is 1. The highest BCUT2D eigenvalue weighted by Gasteiger charge is 2.31. The van der Waals surface area contributed by atoms with Crippen LogP contribution in [0.5, 0.6) is 0 Å². The van der Waals surface area contributed by atoms with E-state index in [1.807, 2.05) is 0 Å². The van der Waals surface area contributed by atoms with Gasteiger partial charge in [-0.05, 0) is 47.2 Å². The molecule has 116 valence electrons. The van der Waals surface area contributed by atoms with E-state index in [1.54, 1.807) is 18.3 Å². The molecule has 0 radical (unpaired) electrons. The molecular weight excluding hydrogens is 350 g/mol. The molecule has 0 aliphatic heterocycles. The van der Waals surface area contributed by atoms with E-state index in [-0.39, 0.29) is 18.3 Å². The summed E-state index contributed by atoms with van der Waals surface area (Å²) >= 11 is 3.47. The number of hydrogen-bond donors (Lipinski definition) is 2. The largest absolute Gasteiger partial charge is 0.396 e. The monoisotopic (exact) mass is 365 g/mol. The number of pyridine rings is 1. The molecule has 1 fully saturated rings. The fourth-order valence-corrected chi connectivity index (χ4v) is 3.10. The lowest BCUT2D eigenvalue weighted by Gasteiger charge is -2.20. The summed E-state index contributed by atoms with van der Waals surface area (Å²) in [5.74, 6) is 0.556. The number of anilines is 1. The van der Waals surface area contributed by atoms with Crippen molar-refractivity contribution in [2.45, 2.75) is 25.3 Å². The molecule has 1 saturated carbocycles. The van der Waals surface area contributed by atoms with Gasteiger partial charge < -0.3 is 10.4 Å². The van der Waals surface area contributed by atoms with Gasteiger partial charge in [0.2, 0.25) is 0 Å². The number of fused-ring (bicyclic) bond motifs is 1. The number of nitrogens with zero attached hydrogens (tertiary/aromatic N) is 2. The number of hydrogen-bond acceptors (Lipinski definition) is 5. The Hall–Kier alpha value is -1.73. The van der Waals surface area contributed by atoms with Gasteiger partial charge in [0.05, 0.1) is 20.6 Å². The van der Waals surface area contributed by atoms with Gasteiger partial charge in [-0.1, -0.05) is 0 Å². The van der Waals surface area contributed by atoms with Gasteiger partial charge in [0.15, 0.2) is 0 Å². The molecule has 1 aromatic heterocycles. The summed E-state index contributed by atoms with van der Waals surface area (Å²) in [5, 5.41) is 24.4. The minimum absolute atomic E-state index is 0.0422. The number of non-ortho nitro benzene ring substituents is 1. The Bertz CT molecular complexity index is 718. The highest BCUT2D eigenvalue weighted by atomic mass is 79.9. The van der Waals surface area contributed by atoms with Crippen molar-refractivity contribution in [3.05, 3.63) is 39.0 Å². The van der Waals surface area contributed by atoms with Crippen molar-refractivity contribution in [1.29, 1.82) is 0 Å². The number of nitrogens with one attached hydrogen (secondary N) is 1. The number of nitro benzene ring substituents is 1. The van der Waals surface area contributed by atoms with Gasteiger partial charge >= 0.3 is 0 Å². The number of rotatable bonds is 6. The molecule has 22 heavy (non-hydrogen) atoms. The highest BCUT2D eigenvalue weighted by molar-refractivity contribution is 9.10. The minimum atomic E-state index is -0.407. The molecule has 7 heteroatoms. The van der Waals surface area contributed by atoms with Crippen LogP contribution in [-0.2, 0) is 0 Å². The van der Waals surface area contributed by atoms with Crippen LogP contribution in [0.1, 0.15) is 19.3 Å². The third kappa shape index (κ3) is 3.05. The molecule has 1 atom stereocenters. The highest BCUT2D eigenvalue weighted by Crippen LogP contribution is 2.39. The van der Waals surface area contributed by atoms with Gasteiger partial charge in [-0.25, -0.2) is 0 Å². The number of nitro groups is 1. The Morgan fingerprint density at radius 2 is 2.27 bits per heavy atom. The Morgan fingerprint density at radius 1 is 1.50 bits per heavy atom. The summed E-state index contributed by atoms with van der Waals surface area (Å²) in [4.78, 5) is 14.9. The van der Waals surface area contributed by atoms with Gasteiger partial charge in [-0.2, -0.15) is 0 Å². The van der Waals surface area contributed by atoms with E-state index < -0.39 is 4.92 Å². The van der Waals surface area contributed by atoms with Gasteiger partial charge in [-0.3, -0.25) is 15.1 Å². The Labute approximate surface area is 135 Å². The average Bonchev–Trinajstić information content (AvgIpc) is 3.33. The van der Waals surface area contributed by atoms with Gasteiger partial charge in [0, 0.05) is 36.4 Å². The maximum Gasteiger partial charge on any atom is 0.270 e. The molecule has 3 rings (SSSR count). The normalized spacial score (nSPS) is 15.7. The first-order valence-electron chi connectivity index (χ1n) is 7.20. The summed E-state index contributed by atoms with van der Waals surface area (Å²) < 4.78 is 0.768. The van der Waals surface area contributed by atoms with Crippen LogP contribution >= 0.6 is 15.9 Å². The first kappa shape index (κ1) is 15.2. The summed E-state index contributed by atoms with van der Waals surface area (Å²) in [6, 6.07) is 4.83. The van der Waals surface area contributed by atoms with Crippen molar-refractivity contribution in [3.63, 3.8) is 0 Å². The van der Waals surface area contributed by atoms with Crippen LogP contribution < -0.4 is 5.32 Å². The quantitative estimate of drug-likeness (QED) is 0.604. The van der Waals surface area contributed by atoms with E-state index in [9.17, 15) is 15.2 Å². The maximum absolute atomic E-state index is 11.0. The lowest BCUT2D eigenvalue weighted by Crippen LogP contribution is -2.23. The molecule has 0 spiro atoms. The van der Waals surface area contributed by atoms with Crippen molar-refractivity contribution in [3.8, 4) is 0 Å². The van der Waals surface area contributed by atoms with Crippen molar-refractivity contribution >= 4 is 38.2 Å². The van der Waals surface area contributed by atoms with Crippen LogP contribution in [0.3, 0.4) is 0 Å². The molecule has 2 aromatic rings. The second-order valence-corrected chi connectivity index (χ2v) is 6.39. The second-order valence-electron chi connectivity index (χ2n) is 5.54. The summed E-state index contributed by atoms with van der Waals surface area (Å²) in [5.41, 5.74) is 1.55.